The lowest BCUT2D eigenvalue weighted by Crippen LogP contribution is -2.52. The molecule has 1 atom stereocenters. The molecule has 3 heterocycles. The highest BCUT2D eigenvalue weighted by Gasteiger charge is 2.36. The Kier molecular flexibility index (Phi) is 5.02. The van der Waals surface area contributed by atoms with Gasteiger partial charge in [-0.1, -0.05) is 19.9 Å². The SMILES string of the molecule is [2H]C1([2H])C(C)(C)N(CC/C=C(/c2sc(C)cc2C)c2scc(C)c2C(C)C)C([2H])([2H])[C@]([2H])(C(=O)O)C1([2H])[2H]. The molecule has 1 saturated heterocycles. The number of nitrogens with zero attached hydrogens (tertiary/aromatic N) is 1. The number of likely N-dealkylation sites (tertiary alicyclic amines) is 1. The van der Waals surface area contributed by atoms with E-state index >= 15 is 0 Å². The number of aliphatic carboxylic acids is 1. The van der Waals surface area contributed by atoms with Gasteiger partial charge < -0.3 is 5.11 Å². The lowest BCUT2D eigenvalue weighted by Gasteiger charge is -2.44. The molecule has 3 nitrogen and oxygen atoms in total. The average Bonchev–Trinajstić information content (AvgIpc) is 3.32. The van der Waals surface area contributed by atoms with Gasteiger partial charge in [0.2, 0.25) is 0 Å². The number of carboxylic acid groups (broad SMARTS) is 1. The molecule has 0 bridgehead atoms. The van der Waals surface area contributed by atoms with Gasteiger partial charge in [-0.25, -0.2) is 0 Å². The second kappa shape index (κ2) is 9.60. The van der Waals surface area contributed by atoms with E-state index in [9.17, 15) is 9.90 Å². The summed E-state index contributed by atoms with van der Waals surface area (Å²) >= 11 is 3.32. The van der Waals surface area contributed by atoms with Crippen molar-refractivity contribution in [1.29, 1.82) is 0 Å². The predicted molar refractivity (Wildman–Crippen MR) is 135 cm³/mol. The van der Waals surface area contributed by atoms with E-state index in [1.165, 1.54) is 25.0 Å². The number of hydrogen-bond donors (Lipinski definition) is 1. The van der Waals surface area contributed by atoms with Crippen LogP contribution in [0.4, 0.5) is 0 Å². The first-order chi connectivity index (χ1) is 17.2. The largest absolute Gasteiger partial charge is 0.481 e. The van der Waals surface area contributed by atoms with E-state index in [0.29, 0.717) is 0 Å². The molecule has 0 radical (unpaired) electrons. The van der Waals surface area contributed by atoms with Gasteiger partial charge in [0.05, 0.1) is 5.89 Å². The summed E-state index contributed by atoms with van der Waals surface area (Å²) in [5.41, 5.74) is 2.81. The van der Waals surface area contributed by atoms with Crippen molar-refractivity contribution in [2.75, 3.05) is 13.0 Å². The quantitative estimate of drug-likeness (QED) is 0.467. The summed E-state index contributed by atoms with van der Waals surface area (Å²) in [5, 5.41) is 12.0. The topological polar surface area (TPSA) is 40.5 Å². The molecule has 1 fully saturated rings. The van der Waals surface area contributed by atoms with Crippen LogP contribution in [0.25, 0.3) is 5.57 Å². The first-order valence-electron chi connectivity index (χ1n) is 14.0. The third-order valence-corrected chi connectivity index (χ3v) is 7.79. The van der Waals surface area contributed by atoms with Crippen molar-refractivity contribution < 1.29 is 19.5 Å². The van der Waals surface area contributed by atoms with E-state index in [0.717, 1.165) is 30.7 Å². The second-order valence-corrected chi connectivity index (χ2v) is 11.0. The minimum atomic E-state index is -3.39. The molecule has 0 amide bonds. The van der Waals surface area contributed by atoms with Crippen molar-refractivity contribution in [2.45, 2.75) is 79.1 Å². The summed E-state index contributed by atoms with van der Waals surface area (Å²) in [7, 11) is 0. The van der Waals surface area contributed by atoms with Crippen LogP contribution in [-0.4, -0.2) is 34.6 Å². The van der Waals surface area contributed by atoms with E-state index in [1.807, 2.05) is 19.9 Å². The molecule has 0 aromatic carbocycles. The Labute approximate surface area is 205 Å². The summed E-state index contributed by atoms with van der Waals surface area (Å²) in [6.07, 6.45) is -3.90. The van der Waals surface area contributed by atoms with Crippen LogP contribution in [0, 0.1) is 26.7 Å². The zero-order valence-electron chi connectivity index (χ0n) is 26.3. The van der Waals surface area contributed by atoms with Crippen LogP contribution >= 0.6 is 22.7 Å². The number of hydrogen-bond acceptors (Lipinski definition) is 4. The van der Waals surface area contributed by atoms with Crippen molar-refractivity contribution in [3.63, 3.8) is 0 Å². The summed E-state index contributed by atoms with van der Waals surface area (Å²) in [5.74, 6) is -5.14. The highest BCUT2D eigenvalue weighted by Crippen LogP contribution is 2.41. The fourth-order valence-electron chi connectivity index (χ4n) is 3.94. The first-order valence-corrected chi connectivity index (χ1v) is 12.2. The minimum Gasteiger partial charge on any atom is -0.481 e. The predicted octanol–water partition coefficient (Wildman–Crippen LogP) is 7.26. The molecule has 3 rings (SSSR count). The van der Waals surface area contributed by atoms with Gasteiger partial charge in [-0.2, -0.15) is 0 Å². The minimum absolute atomic E-state index is 0.0994. The molecule has 1 aliphatic heterocycles. The third kappa shape index (κ3) is 5.32. The molecule has 0 unspecified atom stereocenters. The van der Waals surface area contributed by atoms with E-state index in [4.69, 9.17) is 9.60 Å². The number of carbonyl (C=O) groups is 1. The summed E-state index contributed by atoms with van der Waals surface area (Å²) in [6.45, 7) is 10.1. The molecule has 31 heavy (non-hydrogen) atoms. The molecule has 2 aromatic rings. The number of aryl methyl sites for hydroxylation is 3. The van der Waals surface area contributed by atoms with Gasteiger partial charge in [0.25, 0.3) is 0 Å². The van der Waals surface area contributed by atoms with Crippen LogP contribution in [0.1, 0.15) is 93.7 Å². The first kappa shape index (κ1) is 16.2. The second-order valence-electron chi connectivity index (χ2n) is 8.84. The smallest absolute Gasteiger partial charge is 0.307 e. The van der Waals surface area contributed by atoms with Gasteiger partial charge in [0.1, 0.15) is 0 Å². The van der Waals surface area contributed by atoms with Crippen molar-refractivity contribution in [3.8, 4) is 0 Å². The number of rotatable bonds is 7. The Bertz CT molecular complexity index is 1260. The maximum absolute atomic E-state index is 12.2. The molecule has 0 aliphatic carbocycles. The van der Waals surface area contributed by atoms with Gasteiger partial charge in [-0.3, -0.25) is 9.69 Å². The highest BCUT2D eigenvalue weighted by atomic mass is 32.1. The lowest BCUT2D eigenvalue weighted by molar-refractivity contribution is -0.145. The zero-order valence-corrected chi connectivity index (χ0v) is 21.0. The normalized spacial score (nSPS) is 30.5. The summed E-state index contributed by atoms with van der Waals surface area (Å²) in [6, 6.07) is 2.12. The fraction of sp³-hybridized carbons (Fsp3) is 0.577. The van der Waals surface area contributed by atoms with Crippen LogP contribution in [-0.2, 0) is 4.79 Å². The highest BCUT2D eigenvalue weighted by molar-refractivity contribution is 7.15. The zero-order chi connectivity index (χ0) is 29.2. The lowest BCUT2D eigenvalue weighted by atomic mass is 9.84. The molecule has 2 aromatic heterocycles. The molecule has 1 aliphatic rings. The Hall–Kier alpha value is -1.43. The molecular formula is C26H37NO2S2. The van der Waals surface area contributed by atoms with Crippen LogP contribution in [0.15, 0.2) is 17.5 Å². The Morgan fingerprint density at radius 1 is 1.35 bits per heavy atom. The Morgan fingerprint density at radius 3 is 2.65 bits per heavy atom. The number of thiophene rings is 2. The van der Waals surface area contributed by atoms with Crippen molar-refractivity contribution in [1.82, 2.24) is 4.90 Å². The van der Waals surface area contributed by atoms with Gasteiger partial charge in [-0.05, 0) is 87.8 Å². The van der Waals surface area contributed by atoms with Crippen LogP contribution in [0.3, 0.4) is 0 Å². The average molecular weight is 467 g/mol. The third-order valence-electron chi connectivity index (χ3n) is 5.46. The molecular weight excluding hydrogens is 422 g/mol. The van der Waals surface area contributed by atoms with Gasteiger partial charge >= 0.3 is 5.97 Å². The van der Waals surface area contributed by atoms with E-state index < -0.39 is 36.6 Å². The molecule has 170 valence electrons. The number of piperidine rings is 1. The summed E-state index contributed by atoms with van der Waals surface area (Å²) < 4.78 is 59.7. The molecule has 0 spiro atoms. The van der Waals surface area contributed by atoms with Crippen molar-refractivity contribution >= 4 is 34.2 Å². The van der Waals surface area contributed by atoms with E-state index in [-0.39, 0.29) is 18.9 Å². The fourth-order valence-corrected chi connectivity index (χ4v) is 6.33. The maximum Gasteiger partial charge on any atom is 0.307 e. The molecule has 0 saturated carbocycles. The van der Waals surface area contributed by atoms with E-state index in [2.05, 4.69) is 32.2 Å². The standard InChI is InChI=1S/C26H37NO2S2/c1-16(2)22-18(4)15-30-24(22)21(23-17(3)13-19(5)31-23)9-8-12-27-14-20(25(28)29)10-11-26(27,6)7/h9,13,15-16,20H,8,10-12,14H2,1-7H3,(H,28,29)/b21-9-/t20-/m1/s1/i10D2,11D2,14D2,20D. The molecule has 5 heteroatoms. The number of carboxylic acids is 1. The van der Waals surface area contributed by atoms with Gasteiger partial charge in [0.15, 0.2) is 0 Å². The van der Waals surface area contributed by atoms with Crippen LogP contribution in [0.2, 0.25) is 0 Å². The van der Waals surface area contributed by atoms with Crippen LogP contribution in [0.5, 0.6) is 0 Å². The Balaban J connectivity index is 2.13. The Morgan fingerprint density at radius 2 is 2.06 bits per heavy atom. The summed E-state index contributed by atoms with van der Waals surface area (Å²) in [4.78, 5) is 16.6. The van der Waals surface area contributed by atoms with E-state index in [1.54, 1.807) is 22.7 Å². The van der Waals surface area contributed by atoms with Gasteiger partial charge in [0, 0.05) is 48.4 Å². The van der Waals surface area contributed by atoms with Crippen molar-refractivity contribution in [3.05, 3.63) is 48.8 Å². The maximum atomic E-state index is 12.2. The monoisotopic (exact) mass is 466 g/mol. The van der Waals surface area contributed by atoms with Gasteiger partial charge in [-0.15, -0.1) is 22.7 Å². The molecule has 1 N–H and O–H groups in total. The van der Waals surface area contributed by atoms with Crippen LogP contribution < -0.4 is 0 Å². The van der Waals surface area contributed by atoms with Crippen molar-refractivity contribution in [2.24, 2.45) is 5.89 Å².